The summed E-state index contributed by atoms with van der Waals surface area (Å²) in [6, 6.07) is 12.6. The largest absolute Gasteiger partial charge is 0.497 e. The number of ether oxygens (including phenoxy) is 1. The van der Waals surface area contributed by atoms with Crippen molar-refractivity contribution in [3.63, 3.8) is 0 Å². The summed E-state index contributed by atoms with van der Waals surface area (Å²) in [6.07, 6.45) is 3.42. The van der Waals surface area contributed by atoms with E-state index < -0.39 is 5.97 Å². The number of carboxylic acid groups (broad SMARTS) is 1. The molecule has 1 saturated carbocycles. The average molecular weight is 298 g/mol. The van der Waals surface area contributed by atoms with Crippen molar-refractivity contribution < 1.29 is 14.6 Å². The number of hydrogen-bond donors (Lipinski definition) is 1. The summed E-state index contributed by atoms with van der Waals surface area (Å²) in [4.78, 5) is 11.2. The highest BCUT2D eigenvalue weighted by atomic mass is 16.5. The zero-order chi connectivity index (χ0) is 15.7. The van der Waals surface area contributed by atoms with E-state index in [1.54, 1.807) is 7.11 Å². The molecule has 1 aliphatic rings. The van der Waals surface area contributed by atoms with Crippen LogP contribution in [0.3, 0.4) is 0 Å². The third-order valence-electron chi connectivity index (χ3n) is 5.11. The van der Waals surface area contributed by atoms with Gasteiger partial charge in [0, 0.05) is 0 Å². The lowest BCUT2D eigenvalue weighted by molar-refractivity contribution is -0.139. The van der Waals surface area contributed by atoms with Crippen LogP contribution in [0.4, 0.5) is 0 Å². The van der Waals surface area contributed by atoms with Gasteiger partial charge in [-0.05, 0) is 52.6 Å². The van der Waals surface area contributed by atoms with Crippen molar-refractivity contribution in [2.75, 3.05) is 7.11 Å². The summed E-state index contributed by atoms with van der Waals surface area (Å²) in [5.41, 5.74) is 1.13. The summed E-state index contributed by atoms with van der Waals surface area (Å²) in [7, 11) is 1.67. The second-order valence-electron chi connectivity index (χ2n) is 6.64. The van der Waals surface area contributed by atoms with Crippen LogP contribution in [0.5, 0.6) is 5.75 Å². The van der Waals surface area contributed by atoms with Gasteiger partial charge < -0.3 is 9.84 Å². The van der Waals surface area contributed by atoms with Gasteiger partial charge in [-0.1, -0.05) is 37.6 Å². The molecular formula is C19H22O3. The summed E-state index contributed by atoms with van der Waals surface area (Å²) >= 11 is 0. The molecule has 0 spiro atoms. The van der Waals surface area contributed by atoms with Crippen LogP contribution >= 0.6 is 0 Å². The fourth-order valence-electron chi connectivity index (χ4n) is 3.94. The highest BCUT2D eigenvalue weighted by molar-refractivity contribution is 5.84. The lowest BCUT2D eigenvalue weighted by Crippen LogP contribution is -2.23. The van der Waals surface area contributed by atoms with Gasteiger partial charge in [0.2, 0.25) is 0 Å². The summed E-state index contributed by atoms with van der Waals surface area (Å²) < 4.78 is 5.26. The zero-order valence-corrected chi connectivity index (χ0v) is 13.1. The van der Waals surface area contributed by atoms with E-state index in [0.29, 0.717) is 5.92 Å². The molecule has 3 nitrogen and oxygen atoms in total. The van der Waals surface area contributed by atoms with Crippen LogP contribution in [0.25, 0.3) is 10.8 Å². The van der Waals surface area contributed by atoms with Gasteiger partial charge in [-0.3, -0.25) is 4.79 Å². The third kappa shape index (κ3) is 2.68. The number of benzene rings is 2. The summed E-state index contributed by atoms with van der Waals surface area (Å²) in [5.74, 6) is 0.492. The molecule has 2 atom stereocenters. The van der Waals surface area contributed by atoms with Crippen molar-refractivity contribution in [3.8, 4) is 5.75 Å². The van der Waals surface area contributed by atoms with Crippen molar-refractivity contribution in [1.29, 1.82) is 0 Å². The van der Waals surface area contributed by atoms with Crippen molar-refractivity contribution >= 4 is 16.7 Å². The van der Waals surface area contributed by atoms with E-state index in [0.717, 1.165) is 30.4 Å². The van der Waals surface area contributed by atoms with Gasteiger partial charge in [-0.15, -0.1) is 0 Å². The SMILES string of the molecule is COc1ccc2cc([C@H]3CCC[C@@]3(C)CC(=O)O)ccc2c1. The molecule has 22 heavy (non-hydrogen) atoms. The van der Waals surface area contributed by atoms with Crippen LogP contribution < -0.4 is 4.74 Å². The second kappa shape index (κ2) is 5.64. The molecule has 0 heterocycles. The van der Waals surface area contributed by atoms with Crippen LogP contribution in [-0.2, 0) is 4.79 Å². The molecule has 0 bridgehead atoms. The maximum Gasteiger partial charge on any atom is 0.303 e. The van der Waals surface area contributed by atoms with E-state index in [9.17, 15) is 9.90 Å². The standard InChI is InChI=1S/C19H22O3/c1-19(12-18(20)21)9-3-4-17(19)15-6-5-14-11-16(22-2)8-7-13(14)10-15/h5-8,10-11,17H,3-4,9,12H2,1-2H3,(H,20,21)/t17-,19+/m1/s1. The van der Waals surface area contributed by atoms with Crippen molar-refractivity contribution in [3.05, 3.63) is 42.0 Å². The highest BCUT2D eigenvalue weighted by Crippen LogP contribution is 2.51. The number of carbonyl (C=O) groups is 1. The normalized spacial score (nSPS) is 24.5. The van der Waals surface area contributed by atoms with Crippen LogP contribution in [0.2, 0.25) is 0 Å². The number of aliphatic carboxylic acids is 1. The van der Waals surface area contributed by atoms with Gasteiger partial charge in [-0.2, -0.15) is 0 Å². The van der Waals surface area contributed by atoms with Crippen LogP contribution in [0.15, 0.2) is 36.4 Å². The molecule has 116 valence electrons. The fraction of sp³-hybridized carbons (Fsp3) is 0.421. The Morgan fingerprint density at radius 3 is 2.73 bits per heavy atom. The molecule has 2 aromatic carbocycles. The number of carboxylic acids is 1. The maximum absolute atomic E-state index is 11.2. The van der Waals surface area contributed by atoms with E-state index in [2.05, 4.69) is 31.2 Å². The first-order chi connectivity index (χ1) is 10.5. The van der Waals surface area contributed by atoms with Crippen LogP contribution in [0, 0.1) is 5.41 Å². The number of methoxy groups -OCH3 is 1. The first-order valence-electron chi connectivity index (χ1n) is 7.81. The van der Waals surface area contributed by atoms with Gasteiger partial charge in [0.1, 0.15) is 5.75 Å². The minimum atomic E-state index is -0.695. The quantitative estimate of drug-likeness (QED) is 0.897. The monoisotopic (exact) mass is 298 g/mol. The van der Waals surface area contributed by atoms with Crippen molar-refractivity contribution in [2.45, 2.75) is 38.5 Å². The molecule has 0 amide bonds. The van der Waals surface area contributed by atoms with Gasteiger partial charge in [0.05, 0.1) is 13.5 Å². The van der Waals surface area contributed by atoms with E-state index in [-0.39, 0.29) is 11.8 Å². The number of fused-ring (bicyclic) bond motifs is 1. The Morgan fingerprint density at radius 2 is 2.00 bits per heavy atom. The molecule has 0 unspecified atom stereocenters. The smallest absolute Gasteiger partial charge is 0.303 e. The lowest BCUT2D eigenvalue weighted by Gasteiger charge is -2.30. The summed E-state index contributed by atoms with van der Waals surface area (Å²) in [5, 5.41) is 11.6. The molecular weight excluding hydrogens is 276 g/mol. The predicted octanol–water partition coefficient (Wildman–Crippen LogP) is 4.60. The van der Waals surface area contributed by atoms with Gasteiger partial charge in [0.25, 0.3) is 0 Å². The minimum absolute atomic E-state index is 0.133. The lowest BCUT2D eigenvalue weighted by atomic mass is 9.73. The maximum atomic E-state index is 11.2. The van der Waals surface area contributed by atoms with Gasteiger partial charge in [0.15, 0.2) is 0 Å². The van der Waals surface area contributed by atoms with Crippen LogP contribution in [0.1, 0.15) is 44.1 Å². The topological polar surface area (TPSA) is 46.5 Å². The van der Waals surface area contributed by atoms with Crippen LogP contribution in [-0.4, -0.2) is 18.2 Å². The molecule has 0 aliphatic heterocycles. The predicted molar refractivity (Wildman–Crippen MR) is 87.5 cm³/mol. The molecule has 1 N–H and O–H groups in total. The minimum Gasteiger partial charge on any atom is -0.497 e. The van der Waals surface area contributed by atoms with E-state index in [4.69, 9.17) is 4.74 Å². The Labute approximate surface area is 130 Å². The Balaban J connectivity index is 1.97. The third-order valence-corrected chi connectivity index (χ3v) is 5.11. The van der Waals surface area contributed by atoms with Crippen molar-refractivity contribution in [1.82, 2.24) is 0 Å². The molecule has 3 rings (SSSR count). The molecule has 0 saturated heterocycles. The van der Waals surface area contributed by atoms with E-state index in [1.807, 2.05) is 12.1 Å². The molecule has 1 fully saturated rings. The highest BCUT2D eigenvalue weighted by Gasteiger charge is 2.41. The zero-order valence-electron chi connectivity index (χ0n) is 13.1. The Kier molecular flexibility index (Phi) is 3.81. The number of rotatable bonds is 4. The fourth-order valence-corrected chi connectivity index (χ4v) is 3.94. The van der Waals surface area contributed by atoms with E-state index in [1.165, 1.54) is 10.9 Å². The first-order valence-corrected chi connectivity index (χ1v) is 7.81. The molecule has 3 heteroatoms. The molecule has 0 aromatic heterocycles. The van der Waals surface area contributed by atoms with Gasteiger partial charge in [-0.25, -0.2) is 0 Å². The number of hydrogen-bond acceptors (Lipinski definition) is 2. The Bertz CT molecular complexity index is 707. The Hall–Kier alpha value is -2.03. The second-order valence-corrected chi connectivity index (χ2v) is 6.64. The first kappa shape index (κ1) is 14.9. The summed E-state index contributed by atoms with van der Waals surface area (Å²) in [6.45, 7) is 2.12. The van der Waals surface area contributed by atoms with E-state index >= 15 is 0 Å². The molecule has 1 aliphatic carbocycles. The molecule has 2 aromatic rings. The van der Waals surface area contributed by atoms with Crippen molar-refractivity contribution in [2.24, 2.45) is 5.41 Å². The Morgan fingerprint density at radius 1 is 1.27 bits per heavy atom. The van der Waals surface area contributed by atoms with Gasteiger partial charge >= 0.3 is 5.97 Å². The average Bonchev–Trinajstić information content (AvgIpc) is 2.86. The molecule has 0 radical (unpaired) electrons.